The average Bonchev–Trinajstić information content (AvgIpc) is 3.35. The molecule has 1 aliphatic heterocycles. The molecule has 1 aromatic carbocycles. The summed E-state index contributed by atoms with van der Waals surface area (Å²) in [5.74, 6) is 0.528. The number of methoxy groups -OCH3 is 1. The Bertz CT molecular complexity index is 1170. The number of cyclic esters (lactones) is 1. The highest BCUT2D eigenvalue weighted by Crippen LogP contribution is 2.23. The number of hydrazone groups is 1. The maximum Gasteiger partial charge on any atom is 0.433 e. The molecule has 11 heteroatoms. The predicted molar refractivity (Wildman–Crippen MR) is 107 cm³/mol. The lowest BCUT2D eigenvalue weighted by Gasteiger charge is -2.05. The molecular weight excluding hydrogens is 396 g/mol. The Morgan fingerprint density at radius 1 is 1.30 bits per heavy atom. The highest BCUT2D eigenvalue weighted by molar-refractivity contribution is 5.86. The number of H-pyrrole nitrogens is 1. The van der Waals surface area contributed by atoms with Crippen LogP contribution in [0, 0.1) is 17.0 Å². The van der Waals surface area contributed by atoms with E-state index in [1.54, 1.807) is 13.2 Å². The quantitative estimate of drug-likeness (QED) is 0.393. The molecule has 1 aliphatic rings. The van der Waals surface area contributed by atoms with Gasteiger partial charge in [0.2, 0.25) is 5.56 Å². The van der Waals surface area contributed by atoms with E-state index in [1.807, 2.05) is 25.1 Å². The van der Waals surface area contributed by atoms with Crippen molar-refractivity contribution in [2.24, 2.45) is 5.10 Å². The number of hydrogen-bond acceptors (Lipinski definition) is 8. The van der Waals surface area contributed by atoms with Crippen LogP contribution in [0.2, 0.25) is 0 Å². The van der Waals surface area contributed by atoms with Gasteiger partial charge in [-0.05, 0) is 24.6 Å². The molecule has 156 valence electrons. The number of nitrogens with one attached hydrogen (secondary N) is 1. The zero-order valence-electron chi connectivity index (χ0n) is 16.2. The first-order valence-corrected chi connectivity index (χ1v) is 8.78. The first kappa shape index (κ1) is 20.6. The Labute approximate surface area is 169 Å². The molecule has 1 amide bonds. The van der Waals surface area contributed by atoms with Crippen LogP contribution in [0.15, 0.2) is 50.7 Å². The summed E-state index contributed by atoms with van der Waals surface area (Å²) in [6.45, 7) is 2.56. The van der Waals surface area contributed by atoms with E-state index in [0.717, 1.165) is 21.5 Å². The minimum Gasteiger partial charge on any atom is -0.495 e. The smallest absolute Gasteiger partial charge is 0.433 e. The minimum absolute atomic E-state index is 0.0977. The maximum absolute atomic E-state index is 11.3. The number of nitrogens with zero attached hydrogens (tertiary/aromatic N) is 3. The van der Waals surface area contributed by atoms with Crippen LogP contribution in [0.5, 0.6) is 5.75 Å². The SMILES string of the molecule is COc1cccc2c(C)cc(=O)[nH]c12.O=C1OCCN1N=Cc1ccc([N+](=O)[O-])o1. The summed E-state index contributed by atoms with van der Waals surface area (Å²) < 4.78 is 14.6. The first-order valence-electron chi connectivity index (χ1n) is 8.78. The molecule has 1 N–H and O–H groups in total. The highest BCUT2D eigenvalue weighted by atomic mass is 16.6. The molecule has 2 aromatic heterocycles. The van der Waals surface area contributed by atoms with Crippen LogP contribution in [0.4, 0.5) is 10.7 Å². The third-order valence-electron chi connectivity index (χ3n) is 4.12. The van der Waals surface area contributed by atoms with Gasteiger partial charge >= 0.3 is 12.0 Å². The summed E-state index contributed by atoms with van der Waals surface area (Å²) in [7, 11) is 1.59. The van der Waals surface area contributed by atoms with Crippen LogP contribution >= 0.6 is 0 Å². The zero-order valence-corrected chi connectivity index (χ0v) is 16.2. The van der Waals surface area contributed by atoms with E-state index in [9.17, 15) is 19.7 Å². The van der Waals surface area contributed by atoms with E-state index in [2.05, 4.69) is 14.8 Å². The van der Waals surface area contributed by atoms with Crippen molar-refractivity contribution in [2.75, 3.05) is 20.3 Å². The number of aromatic nitrogens is 1. The molecule has 0 atom stereocenters. The molecule has 3 heterocycles. The number of carbonyl (C=O) groups excluding carboxylic acids is 1. The van der Waals surface area contributed by atoms with E-state index in [1.165, 1.54) is 18.3 Å². The van der Waals surface area contributed by atoms with Crippen molar-refractivity contribution in [1.82, 2.24) is 9.99 Å². The molecule has 0 unspecified atom stereocenters. The molecule has 11 nitrogen and oxygen atoms in total. The van der Waals surface area contributed by atoms with Crippen molar-refractivity contribution in [3.8, 4) is 5.75 Å². The van der Waals surface area contributed by atoms with Crippen molar-refractivity contribution in [2.45, 2.75) is 6.92 Å². The van der Waals surface area contributed by atoms with Crippen molar-refractivity contribution in [3.63, 3.8) is 0 Å². The Hall–Kier alpha value is -4.15. The third kappa shape index (κ3) is 4.63. The van der Waals surface area contributed by atoms with Gasteiger partial charge in [0.15, 0.2) is 5.76 Å². The zero-order chi connectivity index (χ0) is 21.7. The number of fused-ring (bicyclic) bond motifs is 1. The molecule has 0 spiro atoms. The molecule has 0 radical (unpaired) electrons. The summed E-state index contributed by atoms with van der Waals surface area (Å²) in [6, 6.07) is 9.89. The number of amides is 1. The van der Waals surface area contributed by atoms with Gasteiger partial charge in [-0.15, -0.1) is 0 Å². The summed E-state index contributed by atoms with van der Waals surface area (Å²) in [4.78, 5) is 34.6. The maximum atomic E-state index is 11.3. The minimum atomic E-state index is -0.651. The van der Waals surface area contributed by atoms with Gasteiger partial charge in [0.1, 0.15) is 17.3 Å². The molecular formula is C19H18N4O7. The summed E-state index contributed by atoms with van der Waals surface area (Å²) in [5, 5.41) is 16.2. The van der Waals surface area contributed by atoms with Gasteiger partial charge in [0, 0.05) is 11.5 Å². The Morgan fingerprint density at radius 2 is 2.10 bits per heavy atom. The van der Waals surface area contributed by atoms with E-state index >= 15 is 0 Å². The summed E-state index contributed by atoms with van der Waals surface area (Å²) >= 11 is 0. The monoisotopic (exact) mass is 414 g/mol. The Kier molecular flexibility index (Phi) is 6.11. The van der Waals surface area contributed by atoms with Crippen LogP contribution in [0.25, 0.3) is 10.9 Å². The number of nitro groups is 1. The molecule has 0 bridgehead atoms. The lowest BCUT2D eigenvalue weighted by molar-refractivity contribution is -0.402. The number of furan rings is 1. The topological polar surface area (TPSA) is 140 Å². The molecule has 3 aromatic rings. The van der Waals surface area contributed by atoms with Crippen LogP contribution in [0.3, 0.4) is 0 Å². The van der Waals surface area contributed by atoms with Crippen molar-refractivity contribution in [3.05, 3.63) is 68.2 Å². The highest BCUT2D eigenvalue weighted by Gasteiger charge is 2.21. The number of carbonyl (C=O) groups is 1. The second-order valence-corrected chi connectivity index (χ2v) is 6.11. The Balaban J connectivity index is 0.000000172. The second-order valence-electron chi connectivity index (χ2n) is 6.11. The van der Waals surface area contributed by atoms with Gasteiger partial charge < -0.3 is 18.9 Å². The van der Waals surface area contributed by atoms with Crippen LogP contribution in [-0.2, 0) is 4.74 Å². The fraction of sp³-hybridized carbons (Fsp3) is 0.211. The largest absolute Gasteiger partial charge is 0.495 e. The molecule has 0 saturated carbocycles. The van der Waals surface area contributed by atoms with Crippen LogP contribution in [-0.4, -0.2) is 47.5 Å². The number of aromatic amines is 1. The van der Waals surface area contributed by atoms with Gasteiger partial charge in [-0.3, -0.25) is 14.9 Å². The lowest BCUT2D eigenvalue weighted by atomic mass is 10.1. The van der Waals surface area contributed by atoms with Gasteiger partial charge in [0.05, 0.1) is 31.5 Å². The molecule has 0 aliphatic carbocycles. The average molecular weight is 414 g/mol. The van der Waals surface area contributed by atoms with Crippen LogP contribution in [0.1, 0.15) is 11.3 Å². The van der Waals surface area contributed by atoms with E-state index in [-0.39, 0.29) is 23.8 Å². The van der Waals surface area contributed by atoms with Crippen molar-refractivity contribution in [1.29, 1.82) is 0 Å². The number of pyridine rings is 1. The van der Waals surface area contributed by atoms with Gasteiger partial charge in [-0.25, -0.2) is 4.79 Å². The molecule has 4 rings (SSSR count). The lowest BCUT2D eigenvalue weighted by Crippen LogP contribution is -2.17. The first-order chi connectivity index (χ1) is 14.4. The normalized spacial score (nSPS) is 13.3. The van der Waals surface area contributed by atoms with Gasteiger partial charge in [-0.1, -0.05) is 12.1 Å². The van der Waals surface area contributed by atoms with Crippen molar-refractivity contribution < 1.29 is 23.6 Å². The summed E-state index contributed by atoms with van der Waals surface area (Å²) in [5.41, 5.74) is 1.63. The number of rotatable bonds is 4. The van der Waals surface area contributed by atoms with E-state index < -0.39 is 11.0 Å². The number of benzene rings is 1. The van der Waals surface area contributed by atoms with Crippen LogP contribution < -0.4 is 10.3 Å². The molecule has 1 saturated heterocycles. The summed E-state index contributed by atoms with van der Waals surface area (Å²) in [6.07, 6.45) is 0.678. The number of hydrogen-bond donors (Lipinski definition) is 1. The predicted octanol–water partition coefficient (Wildman–Crippen LogP) is 2.82. The Morgan fingerprint density at radius 3 is 2.73 bits per heavy atom. The number of aryl methyl sites for hydroxylation is 1. The van der Waals surface area contributed by atoms with E-state index in [4.69, 9.17) is 9.15 Å². The number of para-hydroxylation sites is 1. The number of ether oxygens (including phenoxy) is 2. The van der Waals surface area contributed by atoms with E-state index in [0.29, 0.717) is 12.3 Å². The van der Waals surface area contributed by atoms with Gasteiger partial charge in [-0.2, -0.15) is 10.1 Å². The van der Waals surface area contributed by atoms with Gasteiger partial charge in [0.25, 0.3) is 0 Å². The van der Waals surface area contributed by atoms with Crippen molar-refractivity contribution >= 4 is 29.1 Å². The fourth-order valence-corrected chi connectivity index (χ4v) is 2.72. The second kappa shape index (κ2) is 8.90. The molecule has 1 fully saturated rings. The molecule has 30 heavy (non-hydrogen) atoms. The standard InChI is InChI=1S/C11H11NO2.C8H7N3O5/c1-7-6-10(13)12-11-8(7)4-3-5-9(11)14-2;12-8-10(3-4-15-8)9-5-6-1-2-7(16-6)11(13)14/h3-6H,1-2H3,(H,12,13);1-2,5H,3-4H2. The fourth-order valence-electron chi connectivity index (χ4n) is 2.72. The third-order valence-corrected chi connectivity index (χ3v) is 4.12.